The third-order valence-electron chi connectivity index (χ3n) is 2.69. The van der Waals surface area contributed by atoms with Gasteiger partial charge in [0.1, 0.15) is 0 Å². The zero-order valence-electron chi connectivity index (χ0n) is 9.14. The lowest BCUT2D eigenvalue weighted by Gasteiger charge is -2.29. The molecular weight excluding hydrogens is 208 g/mol. The molecule has 0 saturated carbocycles. The van der Waals surface area contributed by atoms with E-state index in [-0.39, 0.29) is 5.82 Å². The summed E-state index contributed by atoms with van der Waals surface area (Å²) in [6, 6.07) is 3.25. The molecule has 0 aliphatic carbocycles. The lowest BCUT2D eigenvalue weighted by Crippen LogP contribution is -2.43. The van der Waals surface area contributed by atoms with Crippen LogP contribution in [0, 0.1) is 17.0 Å². The second kappa shape index (κ2) is 4.44. The van der Waals surface area contributed by atoms with Crippen molar-refractivity contribution in [1.29, 1.82) is 0 Å². The van der Waals surface area contributed by atoms with E-state index in [2.05, 4.69) is 15.2 Å². The lowest BCUT2D eigenvalue weighted by atomic mass is 10.2. The Kier molecular flexibility index (Phi) is 3.00. The zero-order chi connectivity index (χ0) is 11.5. The number of hydrogen-bond acceptors (Lipinski definition) is 5. The second-order valence-electron chi connectivity index (χ2n) is 3.77. The fourth-order valence-electron chi connectivity index (χ4n) is 1.88. The smallest absolute Gasteiger partial charge is 0.363 e. The van der Waals surface area contributed by atoms with Gasteiger partial charge in [-0.25, -0.2) is 0 Å². The predicted molar refractivity (Wildman–Crippen MR) is 60.7 cm³/mol. The van der Waals surface area contributed by atoms with E-state index in [0.717, 1.165) is 37.6 Å². The number of anilines is 1. The van der Waals surface area contributed by atoms with Crippen molar-refractivity contribution >= 4 is 11.5 Å². The zero-order valence-corrected chi connectivity index (χ0v) is 9.14. The largest absolute Gasteiger partial charge is 0.366 e. The van der Waals surface area contributed by atoms with E-state index in [1.807, 2.05) is 6.92 Å². The molecule has 2 heterocycles. The Hall–Kier alpha value is -1.69. The van der Waals surface area contributed by atoms with E-state index in [4.69, 9.17) is 0 Å². The molecule has 6 nitrogen and oxygen atoms in total. The van der Waals surface area contributed by atoms with Crippen molar-refractivity contribution < 1.29 is 4.92 Å². The van der Waals surface area contributed by atoms with Crippen molar-refractivity contribution in [2.75, 3.05) is 31.1 Å². The van der Waals surface area contributed by atoms with Crippen molar-refractivity contribution in [2.24, 2.45) is 0 Å². The summed E-state index contributed by atoms with van der Waals surface area (Å²) in [5, 5.41) is 13.8. The van der Waals surface area contributed by atoms with Gasteiger partial charge in [0.2, 0.25) is 0 Å². The first kappa shape index (κ1) is 10.8. The predicted octanol–water partition coefficient (Wildman–Crippen LogP) is 0.708. The van der Waals surface area contributed by atoms with E-state index in [1.165, 1.54) is 6.07 Å². The van der Waals surface area contributed by atoms with Crippen molar-refractivity contribution in [3.05, 3.63) is 27.9 Å². The van der Waals surface area contributed by atoms with E-state index < -0.39 is 4.92 Å². The Morgan fingerprint density at radius 2 is 2.12 bits per heavy atom. The number of hydrogen-bond donors (Lipinski definition) is 1. The highest BCUT2D eigenvalue weighted by Gasteiger charge is 2.17. The number of nitrogens with zero attached hydrogens (tertiary/aromatic N) is 3. The highest BCUT2D eigenvalue weighted by atomic mass is 16.6. The van der Waals surface area contributed by atoms with Crippen molar-refractivity contribution in [3.8, 4) is 0 Å². The monoisotopic (exact) mass is 222 g/mol. The highest BCUT2D eigenvalue weighted by Crippen LogP contribution is 2.21. The van der Waals surface area contributed by atoms with Crippen LogP contribution in [-0.4, -0.2) is 36.1 Å². The molecular formula is C10H14N4O2. The maximum Gasteiger partial charge on any atom is 0.363 e. The molecule has 1 aromatic heterocycles. The van der Waals surface area contributed by atoms with Crippen LogP contribution in [0.2, 0.25) is 0 Å². The molecule has 0 spiro atoms. The third-order valence-corrected chi connectivity index (χ3v) is 2.69. The topological polar surface area (TPSA) is 71.3 Å². The molecule has 1 N–H and O–H groups in total. The van der Waals surface area contributed by atoms with Crippen LogP contribution in [0.4, 0.5) is 11.5 Å². The van der Waals surface area contributed by atoms with E-state index in [9.17, 15) is 10.1 Å². The highest BCUT2D eigenvalue weighted by molar-refractivity contribution is 5.52. The van der Waals surface area contributed by atoms with Crippen molar-refractivity contribution in [1.82, 2.24) is 10.3 Å². The summed E-state index contributed by atoms with van der Waals surface area (Å²) in [4.78, 5) is 16.3. The van der Waals surface area contributed by atoms with Gasteiger partial charge in [-0.05, 0) is 16.0 Å². The van der Waals surface area contributed by atoms with Crippen molar-refractivity contribution in [2.45, 2.75) is 6.92 Å². The molecule has 0 unspecified atom stereocenters. The number of rotatable bonds is 2. The van der Waals surface area contributed by atoms with Gasteiger partial charge in [0.15, 0.2) is 5.69 Å². The molecule has 6 heteroatoms. The standard InChI is InChI=1S/C10H14N4O2/c1-8-9(13-6-4-11-5-7-13)2-3-10(12-8)14(15)16/h2-3,11H,4-7H2,1H3. The number of aromatic nitrogens is 1. The fraction of sp³-hybridized carbons (Fsp3) is 0.500. The minimum Gasteiger partial charge on any atom is -0.366 e. The number of nitrogens with one attached hydrogen (secondary N) is 1. The number of piperazine rings is 1. The molecule has 1 aliphatic heterocycles. The third kappa shape index (κ3) is 2.11. The second-order valence-corrected chi connectivity index (χ2v) is 3.77. The van der Waals surface area contributed by atoms with Crippen LogP contribution in [0.3, 0.4) is 0 Å². The molecule has 0 radical (unpaired) electrons. The number of aryl methyl sites for hydroxylation is 1. The summed E-state index contributed by atoms with van der Waals surface area (Å²) in [7, 11) is 0. The summed E-state index contributed by atoms with van der Waals surface area (Å²) in [5.74, 6) is -0.0867. The molecule has 1 saturated heterocycles. The van der Waals surface area contributed by atoms with Gasteiger partial charge in [0.25, 0.3) is 0 Å². The minimum absolute atomic E-state index is 0.0867. The first-order chi connectivity index (χ1) is 7.68. The summed E-state index contributed by atoms with van der Waals surface area (Å²) in [6.45, 7) is 5.53. The molecule has 16 heavy (non-hydrogen) atoms. The summed E-state index contributed by atoms with van der Waals surface area (Å²) in [5.41, 5.74) is 1.71. The molecule has 0 amide bonds. The Morgan fingerprint density at radius 1 is 1.44 bits per heavy atom. The summed E-state index contributed by atoms with van der Waals surface area (Å²) < 4.78 is 0. The van der Waals surface area contributed by atoms with Crippen LogP contribution in [0.25, 0.3) is 0 Å². The van der Waals surface area contributed by atoms with Crippen LogP contribution in [0.1, 0.15) is 5.69 Å². The van der Waals surface area contributed by atoms with Gasteiger partial charge in [-0.1, -0.05) is 0 Å². The lowest BCUT2D eigenvalue weighted by molar-refractivity contribution is -0.389. The molecule has 1 aliphatic rings. The van der Waals surface area contributed by atoms with Crippen molar-refractivity contribution in [3.63, 3.8) is 0 Å². The van der Waals surface area contributed by atoms with Gasteiger partial charge in [0.05, 0.1) is 5.69 Å². The Bertz CT molecular complexity index is 402. The maximum absolute atomic E-state index is 10.6. The SMILES string of the molecule is Cc1nc([N+](=O)[O-])ccc1N1CCNCC1. The summed E-state index contributed by atoms with van der Waals surface area (Å²) in [6.07, 6.45) is 0. The molecule has 1 fully saturated rings. The van der Waals surface area contributed by atoms with Crippen LogP contribution in [0.5, 0.6) is 0 Å². The van der Waals surface area contributed by atoms with Gasteiger partial charge in [0, 0.05) is 39.2 Å². The van der Waals surface area contributed by atoms with E-state index in [1.54, 1.807) is 6.07 Å². The van der Waals surface area contributed by atoms with Gasteiger partial charge < -0.3 is 20.3 Å². The quantitative estimate of drug-likeness (QED) is 0.589. The molecule has 86 valence electrons. The molecule has 0 bridgehead atoms. The first-order valence-corrected chi connectivity index (χ1v) is 5.26. The maximum atomic E-state index is 10.6. The fourth-order valence-corrected chi connectivity index (χ4v) is 1.88. The van der Waals surface area contributed by atoms with Crippen LogP contribution < -0.4 is 10.2 Å². The molecule has 0 aromatic carbocycles. The minimum atomic E-state index is -0.464. The van der Waals surface area contributed by atoms with Gasteiger partial charge in [-0.3, -0.25) is 0 Å². The normalized spacial score (nSPS) is 16.2. The average Bonchev–Trinajstić information content (AvgIpc) is 2.30. The van der Waals surface area contributed by atoms with Crippen LogP contribution in [0.15, 0.2) is 12.1 Å². The van der Waals surface area contributed by atoms with Crippen LogP contribution >= 0.6 is 0 Å². The first-order valence-electron chi connectivity index (χ1n) is 5.26. The summed E-state index contributed by atoms with van der Waals surface area (Å²) >= 11 is 0. The molecule has 0 atom stereocenters. The Balaban J connectivity index is 2.24. The number of pyridine rings is 1. The van der Waals surface area contributed by atoms with Gasteiger partial charge >= 0.3 is 5.82 Å². The Labute approximate surface area is 93.4 Å². The van der Waals surface area contributed by atoms with Crippen LogP contribution in [-0.2, 0) is 0 Å². The van der Waals surface area contributed by atoms with Gasteiger partial charge in [-0.2, -0.15) is 0 Å². The van der Waals surface area contributed by atoms with Gasteiger partial charge in [-0.15, -0.1) is 0 Å². The van der Waals surface area contributed by atoms with E-state index >= 15 is 0 Å². The molecule has 2 rings (SSSR count). The molecule has 1 aromatic rings. The Morgan fingerprint density at radius 3 is 2.69 bits per heavy atom. The van der Waals surface area contributed by atoms with E-state index in [0.29, 0.717) is 0 Å². The average molecular weight is 222 g/mol. The number of nitro groups is 1.